The predicted octanol–water partition coefficient (Wildman–Crippen LogP) is 1.70. The summed E-state index contributed by atoms with van der Waals surface area (Å²) in [4.78, 5) is 20.0. The van der Waals surface area contributed by atoms with Crippen LogP contribution in [0.3, 0.4) is 0 Å². The molecule has 0 aromatic heterocycles. The Balaban J connectivity index is 0.00000361. The molecule has 0 spiro atoms. The van der Waals surface area contributed by atoms with E-state index >= 15 is 0 Å². The summed E-state index contributed by atoms with van der Waals surface area (Å²) in [5.74, 6) is 1.13. The summed E-state index contributed by atoms with van der Waals surface area (Å²) in [6.45, 7) is 10.7. The van der Waals surface area contributed by atoms with Gasteiger partial charge in [-0.3, -0.25) is 9.79 Å². The molecule has 1 saturated heterocycles. The van der Waals surface area contributed by atoms with Crippen LogP contribution in [0.1, 0.15) is 27.2 Å². The average Bonchev–Trinajstić information content (AvgIpc) is 2.42. The largest absolute Gasteiger partial charge is 0.357 e. The fourth-order valence-corrected chi connectivity index (χ4v) is 2.07. The van der Waals surface area contributed by atoms with Crippen LogP contribution in [0, 0.1) is 0 Å². The van der Waals surface area contributed by atoms with E-state index in [4.69, 9.17) is 0 Å². The first-order chi connectivity index (χ1) is 9.19. The van der Waals surface area contributed by atoms with Gasteiger partial charge in [0.15, 0.2) is 5.96 Å². The van der Waals surface area contributed by atoms with Gasteiger partial charge in [0.05, 0.1) is 0 Å². The van der Waals surface area contributed by atoms with Gasteiger partial charge >= 0.3 is 0 Å². The second kappa shape index (κ2) is 10.9. The van der Waals surface area contributed by atoms with Crippen LogP contribution in [-0.4, -0.2) is 60.9 Å². The number of hydrogen-bond donors (Lipinski definition) is 1. The minimum atomic E-state index is 0. The summed E-state index contributed by atoms with van der Waals surface area (Å²) in [7, 11) is 0. The van der Waals surface area contributed by atoms with Gasteiger partial charge in [0, 0.05) is 46.2 Å². The Kier molecular flexibility index (Phi) is 10.5. The Bertz CT molecular complexity index is 336. The number of hydrogen-bond acceptors (Lipinski definition) is 2. The highest BCUT2D eigenvalue weighted by Crippen LogP contribution is 2.03. The van der Waals surface area contributed by atoms with Crippen LogP contribution in [0.2, 0.25) is 0 Å². The van der Waals surface area contributed by atoms with Gasteiger partial charge in [-0.1, -0.05) is 12.2 Å². The first-order valence-electron chi connectivity index (χ1n) is 7.09. The summed E-state index contributed by atoms with van der Waals surface area (Å²) in [6, 6.07) is 0. The molecule has 1 heterocycles. The summed E-state index contributed by atoms with van der Waals surface area (Å²) < 4.78 is 0. The fraction of sp³-hybridized carbons (Fsp3) is 0.714. The van der Waals surface area contributed by atoms with E-state index in [1.807, 2.05) is 17.9 Å². The maximum absolute atomic E-state index is 11.3. The standard InChI is InChI=1S/C14H26N4O.HI/c1-4-6-7-8-16-14(15-5-2)18-11-9-17(10-12-18)13(3)19;/h4,6H,5,7-12H2,1-3H3,(H,15,16);1H/b6-4+;. The van der Waals surface area contributed by atoms with Crippen LogP contribution >= 0.6 is 24.0 Å². The van der Waals surface area contributed by atoms with E-state index in [2.05, 4.69) is 28.2 Å². The Morgan fingerprint density at radius 2 is 1.85 bits per heavy atom. The number of carbonyl (C=O) groups excluding carboxylic acids is 1. The summed E-state index contributed by atoms with van der Waals surface area (Å²) >= 11 is 0. The third-order valence-electron chi connectivity index (χ3n) is 3.15. The zero-order valence-electron chi connectivity index (χ0n) is 12.8. The topological polar surface area (TPSA) is 47.9 Å². The van der Waals surface area contributed by atoms with Crippen LogP contribution in [-0.2, 0) is 4.79 Å². The minimum Gasteiger partial charge on any atom is -0.357 e. The average molecular weight is 394 g/mol. The molecule has 0 aromatic carbocycles. The highest BCUT2D eigenvalue weighted by atomic mass is 127. The van der Waals surface area contributed by atoms with Crippen molar-refractivity contribution in [1.82, 2.24) is 15.1 Å². The third kappa shape index (κ3) is 6.58. The number of amides is 1. The van der Waals surface area contributed by atoms with E-state index in [9.17, 15) is 4.79 Å². The van der Waals surface area contributed by atoms with E-state index < -0.39 is 0 Å². The molecule has 0 radical (unpaired) electrons. The van der Waals surface area contributed by atoms with E-state index in [1.54, 1.807) is 6.92 Å². The zero-order valence-corrected chi connectivity index (χ0v) is 15.1. The molecule has 20 heavy (non-hydrogen) atoms. The van der Waals surface area contributed by atoms with Crippen LogP contribution in [0.5, 0.6) is 0 Å². The van der Waals surface area contributed by atoms with Crippen LogP contribution in [0.4, 0.5) is 0 Å². The minimum absolute atomic E-state index is 0. The van der Waals surface area contributed by atoms with Crippen molar-refractivity contribution in [1.29, 1.82) is 0 Å². The highest BCUT2D eigenvalue weighted by Gasteiger charge is 2.20. The van der Waals surface area contributed by atoms with Gasteiger partial charge in [0.2, 0.25) is 5.91 Å². The van der Waals surface area contributed by atoms with Gasteiger partial charge < -0.3 is 15.1 Å². The Morgan fingerprint density at radius 1 is 1.25 bits per heavy atom. The van der Waals surface area contributed by atoms with Crippen molar-refractivity contribution in [3.05, 3.63) is 12.2 Å². The van der Waals surface area contributed by atoms with Gasteiger partial charge in [0.1, 0.15) is 0 Å². The van der Waals surface area contributed by atoms with Crippen molar-refractivity contribution in [2.45, 2.75) is 27.2 Å². The maximum atomic E-state index is 11.3. The lowest BCUT2D eigenvalue weighted by Gasteiger charge is -2.36. The molecule has 1 amide bonds. The van der Waals surface area contributed by atoms with E-state index in [-0.39, 0.29) is 29.9 Å². The van der Waals surface area contributed by atoms with Gasteiger partial charge in [-0.05, 0) is 20.3 Å². The number of allylic oxidation sites excluding steroid dienone is 1. The van der Waals surface area contributed by atoms with E-state index in [0.717, 1.165) is 51.6 Å². The summed E-state index contributed by atoms with van der Waals surface area (Å²) in [5, 5.41) is 3.32. The number of halogens is 1. The first-order valence-corrected chi connectivity index (χ1v) is 7.09. The number of piperazine rings is 1. The van der Waals surface area contributed by atoms with Crippen molar-refractivity contribution in [2.75, 3.05) is 39.3 Å². The first kappa shape index (κ1) is 19.2. The lowest BCUT2D eigenvalue weighted by Crippen LogP contribution is -2.53. The molecule has 1 aliphatic rings. The number of rotatable bonds is 4. The lowest BCUT2D eigenvalue weighted by molar-refractivity contribution is -0.130. The smallest absolute Gasteiger partial charge is 0.219 e. The SMILES string of the molecule is C/C=C/CCN=C(NCC)N1CCN(C(C)=O)CC1.I. The Hall–Kier alpha value is -0.790. The monoisotopic (exact) mass is 394 g/mol. The molecule has 0 aromatic rings. The Labute approximate surface area is 139 Å². The molecule has 0 aliphatic carbocycles. The molecular formula is C14H27IN4O. The predicted molar refractivity (Wildman–Crippen MR) is 94.7 cm³/mol. The second-order valence-corrected chi connectivity index (χ2v) is 4.59. The van der Waals surface area contributed by atoms with Crippen LogP contribution < -0.4 is 5.32 Å². The lowest BCUT2D eigenvalue weighted by atomic mass is 10.3. The molecule has 116 valence electrons. The second-order valence-electron chi connectivity index (χ2n) is 4.59. The van der Waals surface area contributed by atoms with Crippen molar-refractivity contribution >= 4 is 35.8 Å². The number of nitrogens with zero attached hydrogens (tertiary/aromatic N) is 3. The molecule has 5 nitrogen and oxygen atoms in total. The molecule has 0 saturated carbocycles. The highest BCUT2D eigenvalue weighted by molar-refractivity contribution is 14.0. The maximum Gasteiger partial charge on any atom is 0.219 e. The van der Waals surface area contributed by atoms with Crippen molar-refractivity contribution in [3.63, 3.8) is 0 Å². The van der Waals surface area contributed by atoms with E-state index in [1.165, 1.54) is 0 Å². The van der Waals surface area contributed by atoms with Crippen LogP contribution in [0.15, 0.2) is 17.1 Å². The summed E-state index contributed by atoms with van der Waals surface area (Å²) in [6.07, 6.45) is 5.15. The van der Waals surface area contributed by atoms with Crippen molar-refractivity contribution < 1.29 is 4.79 Å². The fourth-order valence-electron chi connectivity index (χ4n) is 2.07. The molecule has 6 heteroatoms. The molecule has 1 fully saturated rings. The number of nitrogens with one attached hydrogen (secondary N) is 1. The molecule has 1 rings (SSSR count). The quantitative estimate of drug-likeness (QED) is 0.260. The molecule has 0 unspecified atom stereocenters. The van der Waals surface area contributed by atoms with E-state index in [0.29, 0.717) is 0 Å². The van der Waals surface area contributed by atoms with Crippen molar-refractivity contribution in [2.24, 2.45) is 4.99 Å². The summed E-state index contributed by atoms with van der Waals surface area (Å²) in [5.41, 5.74) is 0. The van der Waals surface area contributed by atoms with Crippen LogP contribution in [0.25, 0.3) is 0 Å². The molecule has 0 atom stereocenters. The molecule has 0 bridgehead atoms. The van der Waals surface area contributed by atoms with Gasteiger partial charge in [-0.25, -0.2) is 0 Å². The number of guanidine groups is 1. The van der Waals surface area contributed by atoms with Gasteiger partial charge in [-0.2, -0.15) is 0 Å². The van der Waals surface area contributed by atoms with Gasteiger partial charge in [-0.15, -0.1) is 24.0 Å². The van der Waals surface area contributed by atoms with Gasteiger partial charge in [0.25, 0.3) is 0 Å². The molecular weight excluding hydrogens is 367 g/mol. The zero-order chi connectivity index (χ0) is 14.1. The normalized spacial score (nSPS) is 16.2. The number of carbonyl (C=O) groups is 1. The Morgan fingerprint density at radius 3 is 2.35 bits per heavy atom. The number of aliphatic imine (C=N–C) groups is 1. The third-order valence-corrected chi connectivity index (χ3v) is 3.15. The van der Waals surface area contributed by atoms with Crippen molar-refractivity contribution in [3.8, 4) is 0 Å². The molecule has 1 aliphatic heterocycles. The molecule has 1 N–H and O–H groups in total.